The van der Waals surface area contributed by atoms with Gasteiger partial charge < -0.3 is 15.4 Å². The molecule has 2 atom stereocenters. The Morgan fingerprint density at radius 3 is 2.41 bits per heavy atom. The van der Waals surface area contributed by atoms with E-state index < -0.39 is 15.5 Å². The molecule has 3 rings (SSSR count). The van der Waals surface area contributed by atoms with Crippen molar-refractivity contribution in [1.82, 2.24) is 14.9 Å². The fraction of sp³-hybridized carbons (Fsp3) is 0.944. The van der Waals surface area contributed by atoms with E-state index in [1.165, 1.54) is 6.42 Å². The number of nitrogens with one attached hydrogen (secondary N) is 2. The lowest BCUT2D eigenvalue weighted by molar-refractivity contribution is -0.168. The summed E-state index contributed by atoms with van der Waals surface area (Å²) < 4.78 is 67.4. The van der Waals surface area contributed by atoms with Crippen molar-refractivity contribution in [3.63, 3.8) is 0 Å². The summed E-state index contributed by atoms with van der Waals surface area (Å²) in [7, 11) is -3.53. The van der Waals surface area contributed by atoms with Crippen LogP contribution in [0.3, 0.4) is 0 Å². The van der Waals surface area contributed by atoms with Crippen LogP contribution in [0.25, 0.3) is 0 Å². The number of halogens is 3. The minimum atomic E-state index is -5.23. The molecule has 3 aliphatic rings. The van der Waals surface area contributed by atoms with Crippen molar-refractivity contribution >= 4 is 16.0 Å². The number of ether oxygens (including phenoxy) is 1. The number of aliphatic imine (C=N–C) groups is 1. The van der Waals surface area contributed by atoms with Gasteiger partial charge in [0, 0.05) is 44.7 Å². The van der Waals surface area contributed by atoms with Crippen LogP contribution in [0, 0.1) is 11.3 Å². The molecule has 11 heteroatoms. The van der Waals surface area contributed by atoms with Gasteiger partial charge in [0.1, 0.15) is 0 Å². The highest BCUT2D eigenvalue weighted by atomic mass is 32.2. The average molecular weight is 441 g/mol. The third-order valence-corrected chi connectivity index (χ3v) is 8.37. The summed E-state index contributed by atoms with van der Waals surface area (Å²) in [5.41, 5.74) is -5.03. The summed E-state index contributed by atoms with van der Waals surface area (Å²) in [5.74, 6) is 0.782. The first-order chi connectivity index (χ1) is 13.6. The van der Waals surface area contributed by atoms with Gasteiger partial charge in [-0.15, -0.1) is 0 Å². The molecule has 0 aromatic heterocycles. The Balaban J connectivity index is 1.45. The molecule has 29 heavy (non-hydrogen) atoms. The SMILES string of the molecule is CCOC1CC(NC(=NC)NCC2CCN(S(=O)(=O)C(F)(F)F)CC2)C12CCC2. The van der Waals surface area contributed by atoms with Crippen LogP contribution in [-0.4, -0.2) is 69.6 Å². The topological polar surface area (TPSA) is 83.0 Å². The van der Waals surface area contributed by atoms with Crippen molar-refractivity contribution in [1.29, 1.82) is 0 Å². The molecule has 1 heterocycles. The van der Waals surface area contributed by atoms with Gasteiger partial charge >= 0.3 is 15.5 Å². The first kappa shape index (κ1) is 22.6. The average Bonchev–Trinajstić information content (AvgIpc) is 2.61. The molecule has 0 amide bonds. The van der Waals surface area contributed by atoms with E-state index in [0.29, 0.717) is 41.8 Å². The van der Waals surface area contributed by atoms with Crippen molar-refractivity contribution < 1.29 is 26.3 Å². The zero-order chi connectivity index (χ0) is 21.3. The largest absolute Gasteiger partial charge is 0.511 e. The molecule has 168 valence electrons. The van der Waals surface area contributed by atoms with E-state index >= 15 is 0 Å². The van der Waals surface area contributed by atoms with Gasteiger partial charge in [-0.1, -0.05) is 6.42 Å². The Bertz CT molecular complexity index is 702. The number of hydrogen-bond acceptors (Lipinski definition) is 4. The molecule has 1 aliphatic heterocycles. The van der Waals surface area contributed by atoms with Crippen molar-refractivity contribution in [2.24, 2.45) is 16.3 Å². The molecule has 1 spiro atoms. The Morgan fingerprint density at radius 1 is 1.28 bits per heavy atom. The molecular weight excluding hydrogens is 409 g/mol. The third-order valence-electron chi connectivity index (χ3n) is 6.74. The Labute approximate surface area is 170 Å². The molecule has 2 aliphatic carbocycles. The summed E-state index contributed by atoms with van der Waals surface area (Å²) in [6, 6.07) is 0.317. The summed E-state index contributed by atoms with van der Waals surface area (Å²) in [5, 5.41) is 6.74. The van der Waals surface area contributed by atoms with Gasteiger partial charge in [0.2, 0.25) is 0 Å². The number of hydrogen-bond donors (Lipinski definition) is 2. The monoisotopic (exact) mass is 440 g/mol. The predicted octanol–water partition coefficient (Wildman–Crippen LogP) is 2.06. The number of piperidine rings is 1. The van der Waals surface area contributed by atoms with Crippen LogP contribution in [0.15, 0.2) is 4.99 Å². The minimum absolute atomic E-state index is 0.100. The molecule has 0 bridgehead atoms. The minimum Gasteiger partial charge on any atom is -0.378 e. The second kappa shape index (κ2) is 8.58. The van der Waals surface area contributed by atoms with Crippen molar-refractivity contribution in [3.05, 3.63) is 0 Å². The zero-order valence-electron chi connectivity index (χ0n) is 17.0. The normalized spacial score (nSPS) is 28.7. The molecular formula is C18H31F3N4O3S. The molecule has 2 saturated carbocycles. The van der Waals surface area contributed by atoms with E-state index in [0.717, 1.165) is 25.9 Å². The molecule has 1 saturated heterocycles. The third kappa shape index (κ3) is 4.36. The maximum absolute atomic E-state index is 12.7. The lowest BCUT2D eigenvalue weighted by atomic mass is 9.51. The predicted molar refractivity (Wildman–Crippen MR) is 104 cm³/mol. The Hall–Kier alpha value is -1.07. The van der Waals surface area contributed by atoms with E-state index in [1.54, 1.807) is 7.05 Å². The highest BCUT2D eigenvalue weighted by Crippen LogP contribution is 2.57. The quantitative estimate of drug-likeness (QED) is 0.488. The van der Waals surface area contributed by atoms with Crippen molar-refractivity contribution in [3.8, 4) is 0 Å². The van der Waals surface area contributed by atoms with Gasteiger partial charge in [0.25, 0.3) is 0 Å². The maximum Gasteiger partial charge on any atom is 0.511 e. The molecule has 0 aromatic carbocycles. The van der Waals surface area contributed by atoms with Gasteiger partial charge in [0.05, 0.1) is 6.10 Å². The van der Waals surface area contributed by atoms with E-state index in [4.69, 9.17) is 4.74 Å². The van der Waals surface area contributed by atoms with Crippen LogP contribution in [0.1, 0.15) is 45.4 Å². The van der Waals surface area contributed by atoms with Gasteiger partial charge in [-0.3, -0.25) is 4.99 Å². The highest BCUT2D eigenvalue weighted by Gasteiger charge is 2.59. The summed E-state index contributed by atoms with van der Waals surface area (Å²) in [6.07, 6.45) is 5.54. The lowest BCUT2D eigenvalue weighted by Gasteiger charge is -2.61. The maximum atomic E-state index is 12.7. The smallest absolute Gasteiger partial charge is 0.378 e. The Morgan fingerprint density at radius 2 is 1.93 bits per heavy atom. The molecule has 2 unspecified atom stereocenters. The van der Waals surface area contributed by atoms with Crippen LogP contribution in [0.5, 0.6) is 0 Å². The van der Waals surface area contributed by atoms with Gasteiger partial charge in [-0.05, 0) is 44.9 Å². The van der Waals surface area contributed by atoms with Crippen LogP contribution in [0.2, 0.25) is 0 Å². The number of sulfonamides is 1. The first-order valence-corrected chi connectivity index (χ1v) is 11.7. The lowest BCUT2D eigenvalue weighted by Crippen LogP contribution is -2.68. The zero-order valence-corrected chi connectivity index (χ0v) is 17.8. The van der Waals surface area contributed by atoms with Crippen molar-refractivity contribution in [2.45, 2.75) is 63.1 Å². The molecule has 3 fully saturated rings. The first-order valence-electron chi connectivity index (χ1n) is 10.3. The van der Waals surface area contributed by atoms with Gasteiger partial charge in [0.15, 0.2) is 5.96 Å². The van der Waals surface area contributed by atoms with E-state index in [-0.39, 0.29) is 24.4 Å². The van der Waals surface area contributed by atoms with Gasteiger partial charge in [-0.2, -0.15) is 17.5 Å². The van der Waals surface area contributed by atoms with Crippen LogP contribution < -0.4 is 10.6 Å². The van der Waals surface area contributed by atoms with E-state index in [9.17, 15) is 21.6 Å². The molecule has 7 nitrogen and oxygen atoms in total. The number of rotatable bonds is 6. The standard InChI is InChI=1S/C18H31F3N4O3S/c1-3-28-15-11-14(17(15)7-4-8-17)24-16(22-2)23-12-13-5-9-25(10-6-13)29(26,27)18(19,20)21/h13-15H,3-12H2,1-2H3,(H2,22,23,24). The summed E-state index contributed by atoms with van der Waals surface area (Å²) in [4.78, 5) is 4.27. The molecule has 0 aromatic rings. The fourth-order valence-electron chi connectivity index (χ4n) is 4.74. The Kier molecular flexibility index (Phi) is 6.69. The van der Waals surface area contributed by atoms with Crippen molar-refractivity contribution in [2.75, 3.05) is 33.3 Å². The van der Waals surface area contributed by atoms with E-state index in [2.05, 4.69) is 15.6 Å². The van der Waals surface area contributed by atoms with E-state index in [1.807, 2.05) is 6.92 Å². The van der Waals surface area contributed by atoms with Crippen LogP contribution >= 0.6 is 0 Å². The van der Waals surface area contributed by atoms with Crippen LogP contribution in [-0.2, 0) is 14.8 Å². The second-order valence-corrected chi connectivity index (χ2v) is 10.1. The van der Waals surface area contributed by atoms with Gasteiger partial charge in [-0.25, -0.2) is 8.42 Å². The number of alkyl halides is 3. The fourth-order valence-corrected chi connectivity index (χ4v) is 5.73. The number of nitrogens with zero attached hydrogens (tertiary/aromatic N) is 2. The highest BCUT2D eigenvalue weighted by molar-refractivity contribution is 7.90. The second-order valence-electron chi connectivity index (χ2n) is 8.21. The summed E-state index contributed by atoms with van der Waals surface area (Å²) >= 11 is 0. The molecule has 0 radical (unpaired) electrons. The molecule has 2 N–H and O–H groups in total. The number of guanidine groups is 1. The summed E-state index contributed by atoms with van der Waals surface area (Å²) in [6.45, 7) is 3.06. The van der Waals surface area contributed by atoms with Crippen LogP contribution in [0.4, 0.5) is 13.2 Å².